The maximum Gasteiger partial charge on any atom is 0.319 e. The second-order valence-corrected chi connectivity index (χ2v) is 7.20. The van der Waals surface area contributed by atoms with Gasteiger partial charge in [0.25, 0.3) is 0 Å². The molecule has 21 heavy (non-hydrogen) atoms. The zero-order valence-corrected chi connectivity index (χ0v) is 13.7. The Labute approximate surface area is 130 Å². The summed E-state index contributed by atoms with van der Waals surface area (Å²) >= 11 is 1.58. The summed E-state index contributed by atoms with van der Waals surface area (Å²) < 4.78 is 11.4. The Morgan fingerprint density at radius 3 is 2.76 bits per heavy atom. The highest BCUT2D eigenvalue weighted by Crippen LogP contribution is 2.17. The van der Waals surface area contributed by atoms with Crippen molar-refractivity contribution in [1.82, 2.24) is 10.3 Å². The molecule has 0 spiro atoms. The molecule has 1 atom stereocenters. The number of anilines is 1. The molecule has 1 aromatic heterocycles. The molecule has 112 valence electrons. The van der Waals surface area contributed by atoms with Gasteiger partial charge in [-0.15, -0.1) is 11.3 Å². The first-order valence-corrected chi connectivity index (χ1v) is 8.74. The molecular weight excluding hydrogens is 306 g/mol. The molecule has 0 unspecified atom stereocenters. The number of hydrogen-bond donors (Lipinski definition) is 2. The lowest BCUT2D eigenvalue weighted by atomic mass is 10.3. The molecule has 0 aliphatic heterocycles. The molecule has 0 bridgehead atoms. The summed E-state index contributed by atoms with van der Waals surface area (Å²) in [5.74, 6) is 0. The van der Waals surface area contributed by atoms with Crippen molar-refractivity contribution < 1.29 is 9.00 Å². The molecule has 0 radical (unpaired) electrons. The normalized spacial score (nSPS) is 12.0. The third-order valence-corrected chi connectivity index (χ3v) is 4.82. The number of amides is 2. The van der Waals surface area contributed by atoms with Crippen LogP contribution in [0.3, 0.4) is 0 Å². The summed E-state index contributed by atoms with van der Waals surface area (Å²) in [6, 6.07) is 6.71. The zero-order chi connectivity index (χ0) is 15.4. The molecule has 0 fully saturated rings. The fourth-order valence-corrected chi connectivity index (χ4v) is 3.27. The second-order valence-electron chi connectivity index (χ2n) is 4.53. The van der Waals surface area contributed by atoms with Crippen LogP contribution in [0.4, 0.5) is 10.5 Å². The highest BCUT2D eigenvalue weighted by molar-refractivity contribution is 7.84. The first kappa shape index (κ1) is 15.7. The summed E-state index contributed by atoms with van der Waals surface area (Å²) in [5, 5.41) is 6.52. The van der Waals surface area contributed by atoms with Gasteiger partial charge in [0.2, 0.25) is 0 Å². The van der Waals surface area contributed by atoms with Crippen molar-refractivity contribution in [2.24, 2.45) is 0 Å². The third kappa shape index (κ3) is 4.37. The Kier molecular flexibility index (Phi) is 5.08. The van der Waals surface area contributed by atoms with Crippen LogP contribution < -0.4 is 10.6 Å². The number of benzene rings is 1. The van der Waals surface area contributed by atoms with E-state index in [0.29, 0.717) is 17.1 Å². The van der Waals surface area contributed by atoms with Crippen molar-refractivity contribution in [3.63, 3.8) is 0 Å². The minimum atomic E-state index is -1.07. The van der Waals surface area contributed by atoms with Gasteiger partial charge in [-0.1, -0.05) is 6.07 Å². The second kappa shape index (κ2) is 6.82. The van der Waals surface area contributed by atoms with Gasteiger partial charge in [-0.3, -0.25) is 4.21 Å². The van der Waals surface area contributed by atoms with E-state index in [1.165, 1.54) is 0 Å². The van der Waals surface area contributed by atoms with Crippen LogP contribution in [-0.2, 0) is 17.3 Å². The van der Waals surface area contributed by atoms with E-state index in [1.807, 2.05) is 13.8 Å². The molecule has 1 aromatic carbocycles. The van der Waals surface area contributed by atoms with Crippen LogP contribution in [0.5, 0.6) is 0 Å². The molecule has 5 nitrogen and oxygen atoms in total. The number of nitrogens with one attached hydrogen (secondary N) is 2. The van der Waals surface area contributed by atoms with E-state index in [4.69, 9.17) is 0 Å². The van der Waals surface area contributed by atoms with E-state index in [9.17, 15) is 9.00 Å². The van der Waals surface area contributed by atoms with E-state index in [1.54, 1.807) is 41.9 Å². The Morgan fingerprint density at radius 2 is 2.14 bits per heavy atom. The number of rotatable bonds is 4. The first-order valence-electron chi connectivity index (χ1n) is 6.37. The van der Waals surface area contributed by atoms with Gasteiger partial charge in [-0.25, -0.2) is 9.78 Å². The highest BCUT2D eigenvalue weighted by Gasteiger charge is 2.07. The van der Waals surface area contributed by atoms with E-state index in [2.05, 4.69) is 15.6 Å². The first-order chi connectivity index (χ1) is 9.95. The standard InChI is InChI=1S/C14H17N3O2S2/c1-9-13(20-10(2)16-9)8-15-14(18)17-11-5-4-6-12(7-11)21(3)19/h4-7H,8H2,1-3H3,(H2,15,17,18)/t21-/m1/s1. The van der Waals surface area contributed by atoms with Gasteiger partial charge in [0.05, 0.1) is 17.2 Å². The molecule has 0 aliphatic carbocycles. The van der Waals surface area contributed by atoms with Gasteiger partial charge in [0.15, 0.2) is 0 Å². The molecule has 7 heteroatoms. The van der Waals surface area contributed by atoms with E-state index >= 15 is 0 Å². The van der Waals surface area contributed by atoms with Crippen molar-refractivity contribution >= 4 is 33.9 Å². The zero-order valence-electron chi connectivity index (χ0n) is 12.1. The third-order valence-electron chi connectivity index (χ3n) is 2.83. The van der Waals surface area contributed by atoms with Crippen LogP contribution in [0.1, 0.15) is 15.6 Å². The number of aryl methyl sites for hydroxylation is 2. The molecular formula is C14H17N3O2S2. The Balaban J connectivity index is 1.94. The lowest BCUT2D eigenvalue weighted by molar-refractivity contribution is 0.252. The number of thiazole rings is 1. The quantitative estimate of drug-likeness (QED) is 0.909. The fourth-order valence-electron chi connectivity index (χ4n) is 1.83. The predicted octanol–water partition coefficient (Wildman–Crippen LogP) is 2.82. The number of aromatic nitrogens is 1. The van der Waals surface area contributed by atoms with Crippen molar-refractivity contribution in [3.8, 4) is 0 Å². The highest BCUT2D eigenvalue weighted by atomic mass is 32.2. The number of hydrogen-bond acceptors (Lipinski definition) is 4. The average molecular weight is 323 g/mol. The van der Waals surface area contributed by atoms with Gasteiger partial charge >= 0.3 is 6.03 Å². The maximum absolute atomic E-state index is 11.9. The van der Waals surface area contributed by atoms with Gasteiger partial charge < -0.3 is 10.6 Å². The lowest BCUT2D eigenvalue weighted by Gasteiger charge is -2.08. The van der Waals surface area contributed by atoms with E-state index in [0.717, 1.165) is 15.6 Å². The minimum absolute atomic E-state index is 0.292. The minimum Gasteiger partial charge on any atom is -0.333 e. The smallest absolute Gasteiger partial charge is 0.319 e. The Bertz CT molecular complexity index is 683. The van der Waals surface area contributed by atoms with Gasteiger partial charge in [-0.2, -0.15) is 0 Å². The number of nitrogens with zero attached hydrogens (tertiary/aromatic N) is 1. The number of carbonyl (C=O) groups is 1. The summed E-state index contributed by atoms with van der Waals surface area (Å²) in [6.07, 6.45) is 1.61. The lowest BCUT2D eigenvalue weighted by Crippen LogP contribution is -2.28. The molecule has 0 saturated heterocycles. The fraction of sp³-hybridized carbons (Fsp3) is 0.286. The topological polar surface area (TPSA) is 71.1 Å². The van der Waals surface area contributed by atoms with Crippen molar-refractivity contribution in [2.45, 2.75) is 25.3 Å². The molecule has 0 aliphatic rings. The maximum atomic E-state index is 11.9. The Hall–Kier alpha value is -1.73. The van der Waals surface area contributed by atoms with Crippen LogP contribution >= 0.6 is 11.3 Å². The van der Waals surface area contributed by atoms with Crippen LogP contribution in [0.25, 0.3) is 0 Å². The monoisotopic (exact) mass is 323 g/mol. The average Bonchev–Trinajstić information content (AvgIpc) is 2.75. The number of carbonyl (C=O) groups excluding carboxylic acids is 1. The molecule has 2 N–H and O–H groups in total. The number of urea groups is 1. The molecule has 2 rings (SSSR count). The van der Waals surface area contributed by atoms with Crippen molar-refractivity contribution in [2.75, 3.05) is 11.6 Å². The summed E-state index contributed by atoms with van der Waals surface area (Å²) in [5.41, 5.74) is 1.57. The van der Waals surface area contributed by atoms with Crippen LogP contribution in [0.15, 0.2) is 29.2 Å². The SMILES string of the molecule is Cc1nc(C)c(CNC(=O)Nc2cccc([S@@](C)=O)c2)s1. The molecule has 0 saturated carbocycles. The van der Waals surface area contributed by atoms with Gasteiger partial charge in [0, 0.05) is 32.5 Å². The van der Waals surface area contributed by atoms with Crippen LogP contribution in [-0.4, -0.2) is 21.5 Å². The molecule has 2 amide bonds. The van der Waals surface area contributed by atoms with Crippen LogP contribution in [0, 0.1) is 13.8 Å². The van der Waals surface area contributed by atoms with Crippen LogP contribution in [0.2, 0.25) is 0 Å². The van der Waals surface area contributed by atoms with E-state index < -0.39 is 10.8 Å². The summed E-state index contributed by atoms with van der Waals surface area (Å²) in [7, 11) is -1.07. The summed E-state index contributed by atoms with van der Waals surface area (Å²) in [6.45, 7) is 4.32. The Morgan fingerprint density at radius 1 is 1.38 bits per heavy atom. The van der Waals surface area contributed by atoms with Crippen molar-refractivity contribution in [1.29, 1.82) is 0 Å². The molecule has 2 aromatic rings. The van der Waals surface area contributed by atoms with Gasteiger partial charge in [0.1, 0.15) is 0 Å². The van der Waals surface area contributed by atoms with Gasteiger partial charge in [-0.05, 0) is 32.0 Å². The van der Waals surface area contributed by atoms with E-state index in [-0.39, 0.29) is 6.03 Å². The summed E-state index contributed by atoms with van der Waals surface area (Å²) in [4.78, 5) is 17.9. The largest absolute Gasteiger partial charge is 0.333 e. The van der Waals surface area contributed by atoms with Crippen molar-refractivity contribution in [3.05, 3.63) is 39.8 Å². The molecule has 1 heterocycles. The predicted molar refractivity (Wildman–Crippen MR) is 86.2 cm³/mol.